The van der Waals surface area contributed by atoms with Crippen molar-refractivity contribution >= 4 is 107 Å². The zero-order chi connectivity index (χ0) is 73.4. The molecule has 0 aromatic heterocycles. The van der Waals surface area contributed by atoms with Gasteiger partial charge in [0.1, 0.15) is 66.5 Å². The Balaban J connectivity index is 2.45. The van der Waals surface area contributed by atoms with Crippen molar-refractivity contribution in [1.29, 1.82) is 0 Å². The predicted molar refractivity (Wildman–Crippen MR) is 324 cm³/mol. The van der Waals surface area contributed by atoms with E-state index < -0.39 is 250 Å². The lowest BCUT2D eigenvalue weighted by atomic mass is 10.0. The number of nitrogens with two attached hydrogens (primary N) is 2. The number of unbranched alkanes of at least 4 members (excludes halogenated alkanes) is 1. The lowest BCUT2D eigenvalue weighted by Crippen LogP contribution is -2.62. The average molecular weight is 1380 g/mol. The molecule has 1 aromatic rings. The van der Waals surface area contributed by atoms with Crippen molar-refractivity contribution in [3.05, 3.63) is 35.9 Å². The van der Waals surface area contributed by atoms with Gasteiger partial charge in [-0.1, -0.05) is 44.2 Å². The summed E-state index contributed by atoms with van der Waals surface area (Å²) >= 11 is 0. The molecule has 12 atom stereocenters. The standard InChI is InChI=1S/C57H83N13O27/c1-26(2)45(57(96)97)69-52(91)35(23-44(83)84)66-54(93)37(25-72)68-51(90)34(22-43(81)82)64-49(88)32(20-41(77)78)65-53(92)36(24-71)67-50(89)33(21-42(79)80)63-48(87)31(19-27-9-4-3-5-10-27)62-46(85)29(11-6-7-17-58)60-47(86)30(14-16-40(75)76)61-55(94)38-12-8-18-70(38)56(95)28(59)13-15-39(73)74/h3-5,9-10,26,28-38,45,71-72H,6-8,11-25,58-59H2,1-2H3,(H,60,86)(H,61,94)(H,62,85)(H,63,87)(H,64,88)(H,65,92)(H,66,93)(H,67,89)(H,68,90)(H,69,91)(H,73,74)(H,75,76)(H,77,78)(H,79,80)(H,81,82)(H,83,84)(H,96,97)/t28-,29-,30-,31-,32-,33-,34-,35-,36-,37-,38-,45-/m0/s1. The number of carboxylic acids is 7. The van der Waals surface area contributed by atoms with Gasteiger partial charge in [-0.25, -0.2) is 4.79 Å². The number of benzene rings is 1. The van der Waals surface area contributed by atoms with Crippen LogP contribution in [-0.2, 0) is 92.7 Å². The van der Waals surface area contributed by atoms with Crippen LogP contribution in [0.15, 0.2) is 30.3 Å². The Morgan fingerprint density at radius 1 is 0.454 bits per heavy atom. The first-order valence-corrected chi connectivity index (χ1v) is 30.1. The number of aliphatic hydroxyl groups excluding tert-OH is 2. The Morgan fingerprint density at radius 3 is 1.21 bits per heavy atom. The maximum atomic E-state index is 14.4. The van der Waals surface area contributed by atoms with Crippen LogP contribution in [0.1, 0.15) is 103 Å². The van der Waals surface area contributed by atoms with Gasteiger partial charge in [0.05, 0.1) is 44.9 Å². The number of rotatable bonds is 45. The minimum atomic E-state index is -2.35. The first-order valence-electron chi connectivity index (χ1n) is 30.1. The smallest absolute Gasteiger partial charge is 0.326 e. The first kappa shape index (κ1) is 82.6. The van der Waals surface area contributed by atoms with Crippen LogP contribution < -0.4 is 64.6 Å². The normalized spacial score (nSPS) is 15.9. The number of carbonyl (C=O) groups excluding carboxylic acids is 11. The van der Waals surface area contributed by atoms with Gasteiger partial charge >= 0.3 is 41.8 Å². The van der Waals surface area contributed by atoms with Crippen molar-refractivity contribution in [2.45, 2.75) is 176 Å². The van der Waals surface area contributed by atoms with Gasteiger partial charge in [-0.05, 0) is 63.0 Å². The Bertz CT molecular complexity index is 3030. The lowest BCUT2D eigenvalue weighted by molar-refractivity contribution is -0.145. The second kappa shape index (κ2) is 41.4. The molecule has 1 fully saturated rings. The highest BCUT2D eigenvalue weighted by Crippen LogP contribution is 2.20. The van der Waals surface area contributed by atoms with Gasteiger partial charge in [-0.15, -0.1) is 0 Å². The van der Waals surface area contributed by atoms with E-state index in [1.54, 1.807) is 6.07 Å². The van der Waals surface area contributed by atoms with Gasteiger partial charge < -0.3 is 115 Å². The summed E-state index contributed by atoms with van der Waals surface area (Å²) in [6.45, 7) is 0.0918. The molecule has 1 heterocycles. The van der Waals surface area contributed by atoms with E-state index in [2.05, 4.69) is 21.3 Å². The van der Waals surface area contributed by atoms with Gasteiger partial charge in [-0.3, -0.25) is 81.5 Å². The van der Waals surface area contributed by atoms with Crippen LogP contribution in [0.5, 0.6) is 0 Å². The van der Waals surface area contributed by atoms with E-state index in [0.29, 0.717) is 5.56 Å². The quantitative estimate of drug-likeness (QED) is 0.0270. The van der Waals surface area contributed by atoms with Crippen molar-refractivity contribution < 1.29 is 132 Å². The molecule has 97 heavy (non-hydrogen) atoms. The Morgan fingerprint density at radius 2 is 0.814 bits per heavy atom. The fraction of sp³-hybridized carbons (Fsp3) is 0.579. The SMILES string of the molecule is CC(C)[C@H](NC(=O)[C@H](CC(=O)O)NC(=O)[C@H](CO)NC(=O)[C@H](CC(=O)O)NC(=O)[C@H](CC(=O)O)NC(=O)[C@H](CO)NC(=O)[C@H](CC(=O)O)NC(=O)[C@H](Cc1ccccc1)NC(=O)[C@H](CCCCN)NC(=O)[C@H](CCC(=O)O)NC(=O)[C@@H]1CCCN1C(=O)[C@@H](N)CCC(=O)O)C(=O)O. The molecule has 0 saturated carbocycles. The molecular formula is C57H83N13O27. The molecule has 0 radical (unpaired) electrons. The topological polar surface area (TPSA) is 665 Å². The molecule has 1 aliphatic rings. The zero-order valence-corrected chi connectivity index (χ0v) is 52.6. The molecule has 11 amide bonds. The molecule has 40 nitrogen and oxygen atoms in total. The van der Waals surface area contributed by atoms with Crippen LogP contribution in [0.25, 0.3) is 0 Å². The van der Waals surface area contributed by atoms with E-state index in [4.69, 9.17) is 16.6 Å². The molecule has 538 valence electrons. The Hall–Kier alpha value is -10.5. The third-order valence-electron chi connectivity index (χ3n) is 14.5. The molecule has 0 bridgehead atoms. The van der Waals surface area contributed by atoms with Crippen molar-refractivity contribution in [2.75, 3.05) is 26.3 Å². The lowest BCUT2D eigenvalue weighted by Gasteiger charge is -2.29. The van der Waals surface area contributed by atoms with Crippen LogP contribution >= 0.6 is 0 Å². The molecule has 0 unspecified atom stereocenters. The number of aliphatic carboxylic acids is 7. The number of aliphatic hydroxyl groups is 2. The van der Waals surface area contributed by atoms with Crippen molar-refractivity contribution in [3.63, 3.8) is 0 Å². The summed E-state index contributed by atoms with van der Waals surface area (Å²) in [5.41, 5.74) is 12.0. The molecule has 1 aliphatic heterocycles. The fourth-order valence-electron chi connectivity index (χ4n) is 9.41. The number of nitrogens with one attached hydrogen (secondary N) is 10. The van der Waals surface area contributed by atoms with Crippen LogP contribution in [0.3, 0.4) is 0 Å². The van der Waals surface area contributed by atoms with Crippen LogP contribution in [0.4, 0.5) is 0 Å². The van der Waals surface area contributed by atoms with Gasteiger partial charge in [-0.2, -0.15) is 0 Å². The zero-order valence-electron chi connectivity index (χ0n) is 52.6. The Labute approximate surface area is 551 Å². The summed E-state index contributed by atoms with van der Waals surface area (Å²) < 4.78 is 0. The molecule has 1 aromatic carbocycles. The molecule has 23 N–H and O–H groups in total. The maximum Gasteiger partial charge on any atom is 0.326 e. The number of hydrogen-bond acceptors (Lipinski definition) is 22. The van der Waals surface area contributed by atoms with E-state index in [-0.39, 0.29) is 51.6 Å². The number of nitrogens with zero attached hydrogens (tertiary/aromatic N) is 1. The van der Waals surface area contributed by atoms with E-state index >= 15 is 0 Å². The number of carboxylic acid groups (broad SMARTS) is 7. The molecule has 0 spiro atoms. The summed E-state index contributed by atoms with van der Waals surface area (Å²) in [5.74, 6) is -26.6. The molecular weight excluding hydrogens is 1300 g/mol. The summed E-state index contributed by atoms with van der Waals surface area (Å²) in [6.07, 6.45) is -7.15. The largest absolute Gasteiger partial charge is 0.481 e. The summed E-state index contributed by atoms with van der Waals surface area (Å²) in [6, 6.07) is -15.0. The Kier molecular flexibility index (Phi) is 35.2. The summed E-state index contributed by atoms with van der Waals surface area (Å²) in [4.78, 5) is 234. The van der Waals surface area contributed by atoms with Crippen LogP contribution in [0.2, 0.25) is 0 Å². The van der Waals surface area contributed by atoms with Gasteiger partial charge in [0.15, 0.2) is 0 Å². The minimum Gasteiger partial charge on any atom is -0.481 e. The van der Waals surface area contributed by atoms with Crippen LogP contribution in [-0.4, -0.2) is 256 Å². The van der Waals surface area contributed by atoms with E-state index in [0.717, 1.165) is 4.90 Å². The van der Waals surface area contributed by atoms with Gasteiger partial charge in [0.25, 0.3) is 0 Å². The molecule has 0 aliphatic carbocycles. The number of amides is 11. The highest BCUT2D eigenvalue weighted by atomic mass is 16.4. The van der Waals surface area contributed by atoms with E-state index in [1.807, 2.05) is 31.9 Å². The fourth-order valence-corrected chi connectivity index (χ4v) is 9.41. The van der Waals surface area contributed by atoms with Crippen molar-refractivity contribution in [2.24, 2.45) is 17.4 Å². The molecule has 1 saturated heterocycles. The van der Waals surface area contributed by atoms with E-state index in [1.165, 1.54) is 38.1 Å². The summed E-state index contributed by atoms with van der Waals surface area (Å²) in [7, 11) is 0. The van der Waals surface area contributed by atoms with Crippen LogP contribution in [0, 0.1) is 5.92 Å². The second-order valence-corrected chi connectivity index (χ2v) is 22.5. The molecule has 2 rings (SSSR count). The number of carbonyl (C=O) groups is 18. The molecule has 40 heteroatoms. The van der Waals surface area contributed by atoms with Gasteiger partial charge in [0.2, 0.25) is 65.0 Å². The van der Waals surface area contributed by atoms with Crippen molar-refractivity contribution in [1.82, 2.24) is 58.1 Å². The van der Waals surface area contributed by atoms with Crippen molar-refractivity contribution in [3.8, 4) is 0 Å². The highest BCUT2D eigenvalue weighted by molar-refractivity contribution is 6.01. The summed E-state index contributed by atoms with van der Waals surface area (Å²) in [5, 5.41) is 108. The third-order valence-corrected chi connectivity index (χ3v) is 14.5. The maximum absolute atomic E-state index is 14.4. The average Bonchev–Trinajstić information content (AvgIpc) is 1.81. The number of likely N-dealkylation sites (tertiary alicyclic amines) is 1. The first-order chi connectivity index (χ1) is 45.5. The second-order valence-electron chi connectivity index (χ2n) is 22.5. The van der Waals surface area contributed by atoms with Gasteiger partial charge in [0, 0.05) is 25.8 Å². The highest BCUT2D eigenvalue weighted by Gasteiger charge is 2.41. The minimum absolute atomic E-state index is 0.0269. The third kappa shape index (κ3) is 29.4. The van der Waals surface area contributed by atoms with E-state index in [9.17, 15) is 127 Å². The predicted octanol–water partition coefficient (Wildman–Crippen LogP) is -8.12. The number of hydrogen-bond donors (Lipinski definition) is 21. The monoisotopic (exact) mass is 1380 g/mol.